The highest BCUT2D eigenvalue weighted by Crippen LogP contribution is 2.13. The lowest BCUT2D eigenvalue weighted by Crippen LogP contribution is -2.45. The number of carbonyl (C=O) groups is 1. The van der Waals surface area contributed by atoms with E-state index >= 15 is 0 Å². The molecular weight excluding hydrogens is 386 g/mol. The SMILES string of the molecule is CCCCC/C=C/C(O)C(CO)NC(=O)CCCCCCCCCCCCCCCC. The van der Waals surface area contributed by atoms with Gasteiger partial charge >= 0.3 is 0 Å². The highest BCUT2D eigenvalue weighted by molar-refractivity contribution is 5.76. The van der Waals surface area contributed by atoms with Crippen LogP contribution in [0.1, 0.15) is 136 Å². The molecule has 0 aliphatic rings. The molecule has 0 fully saturated rings. The first kappa shape index (κ1) is 30.1. The van der Waals surface area contributed by atoms with Crippen molar-refractivity contribution in [3.63, 3.8) is 0 Å². The van der Waals surface area contributed by atoms with Gasteiger partial charge in [0, 0.05) is 6.42 Å². The summed E-state index contributed by atoms with van der Waals surface area (Å²) >= 11 is 0. The van der Waals surface area contributed by atoms with E-state index in [9.17, 15) is 15.0 Å². The minimum Gasteiger partial charge on any atom is -0.394 e. The molecule has 0 heterocycles. The van der Waals surface area contributed by atoms with Gasteiger partial charge in [-0.1, -0.05) is 122 Å². The third-order valence-corrected chi connectivity index (χ3v) is 6.02. The Labute approximate surface area is 193 Å². The van der Waals surface area contributed by atoms with E-state index in [-0.39, 0.29) is 12.5 Å². The van der Waals surface area contributed by atoms with Crippen molar-refractivity contribution < 1.29 is 15.0 Å². The summed E-state index contributed by atoms with van der Waals surface area (Å²) in [4.78, 5) is 12.1. The summed E-state index contributed by atoms with van der Waals surface area (Å²) in [6.45, 7) is 4.18. The van der Waals surface area contributed by atoms with Gasteiger partial charge in [0.1, 0.15) is 0 Å². The van der Waals surface area contributed by atoms with Crippen LogP contribution in [-0.2, 0) is 4.79 Å². The summed E-state index contributed by atoms with van der Waals surface area (Å²) in [5.41, 5.74) is 0. The Balaban J connectivity index is 3.58. The van der Waals surface area contributed by atoms with Crippen molar-refractivity contribution in [1.29, 1.82) is 0 Å². The molecule has 3 N–H and O–H groups in total. The molecule has 0 radical (unpaired) electrons. The van der Waals surface area contributed by atoms with Gasteiger partial charge in [0.15, 0.2) is 0 Å². The molecule has 0 aliphatic heterocycles. The quantitative estimate of drug-likeness (QED) is 0.121. The fourth-order valence-corrected chi connectivity index (χ4v) is 3.88. The van der Waals surface area contributed by atoms with Crippen molar-refractivity contribution in [3.05, 3.63) is 12.2 Å². The lowest BCUT2D eigenvalue weighted by molar-refractivity contribution is -0.123. The van der Waals surface area contributed by atoms with Crippen LogP contribution in [0.4, 0.5) is 0 Å². The monoisotopic (exact) mass is 439 g/mol. The Hall–Kier alpha value is -0.870. The predicted octanol–water partition coefficient (Wildman–Crippen LogP) is 6.83. The van der Waals surface area contributed by atoms with Crippen molar-refractivity contribution in [3.8, 4) is 0 Å². The number of rotatable bonds is 23. The van der Waals surface area contributed by atoms with Gasteiger partial charge < -0.3 is 15.5 Å². The van der Waals surface area contributed by atoms with E-state index in [4.69, 9.17) is 0 Å². The molecule has 0 aromatic carbocycles. The predicted molar refractivity (Wildman–Crippen MR) is 133 cm³/mol. The van der Waals surface area contributed by atoms with Crippen LogP contribution >= 0.6 is 0 Å². The first-order valence-electron chi connectivity index (χ1n) is 13.4. The summed E-state index contributed by atoms with van der Waals surface area (Å²) in [6.07, 6.45) is 25.8. The Kier molecular flexibility index (Phi) is 23.1. The first-order valence-corrected chi connectivity index (χ1v) is 13.4. The molecule has 31 heavy (non-hydrogen) atoms. The van der Waals surface area contributed by atoms with Crippen LogP contribution in [0.3, 0.4) is 0 Å². The van der Waals surface area contributed by atoms with Crippen molar-refractivity contribution in [2.75, 3.05) is 6.61 Å². The molecule has 0 bridgehead atoms. The van der Waals surface area contributed by atoms with Crippen LogP contribution in [0, 0.1) is 0 Å². The fraction of sp³-hybridized carbons (Fsp3) is 0.889. The standard InChI is InChI=1S/C27H53NO3/c1-3-5-7-9-10-11-12-13-14-15-16-17-19-21-23-27(31)28-25(24-29)26(30)22-20-18-8-6-4-2/h20,22,25-26,29-30H,3-19,21,23-24H2,1-2H3,(H,28,31)/b22-20+. The summed E-state index contributed by atoms with van der Waals surface area (Å²) in [6, 6.07) is -0.610. The van der Waals surface area contributed by atoms with Crippen molar-refractivity contribution in [2.24, 2.45) is 0 Å². The maximum absolute atomic E-state index is 12.1. The Morgan fingerprint density at radius 1 is 0.742 bits per heavy atom. The largest absolute Gasteiger partial charge is 0.394 e. The van der Waals surface area contributed by atoms with Crippen LogP contribution in [0.2, 0.25) is 0 Å². The molecule has 0 aromatic rings. The number of nitrogens with one attached hydrogen (secondary N) is 1. The third kappa shape index (κ3) is 20.8. The molecule has 184 valence electrons. The van der Waals surface area contributed by atoms with Crippen molar-refractivity contribution in [1.82, 2.24) is 5.32 Å². The van der Waals surface area contributed by atoms with Crippen molar-refractivity contribution in [2.45, 2.75) is 148 Å². The van der Waals surface area contributed by atoms with E-state index in [2.05, 4.69) is 19.2 Å². The van der Waals surface area contributed by atoms with Crippen LogP contribution in [0.25, 0.3) is 0 Å². The summed E-state index contributed by atoms with van der Waals surface area (Å²) < 4.78 is 0. The van der Waals surface area contributed by atoms with Gasteiger partial charge in [0.05, 0.1) is 18.8 Å². The van der Waals surface area contributed by atoms with E-state index in [1.54, 1.807) is 6.08 Å². The molecule has 2 unspecified atom stereocenters. The zero-order valence-electron chi connectivity index (χ0n) is 20.8. The van der Waals surface area contributed by atoms with E-state index < -0.39 is 12.1 Å². The lowest BCUT2D eigenvalue weighted by atomic mass is 10.0. The van der Waals surface area contributed by atoms with Gasteiger partial charge in [0.25, 0.3) is 0 Å². The molecule has 0 saturated heterocycles. The fourth-order valence-electron chi connectivity index (χ4n) is 3.88. The number of allylic oxidation sites excluding steroid dienone is 1. The Morgan fingerprint density at radius 2 is 1.19 bits per heavy atom. The van der Waals surface area contributed by atoms with E-state index in [1.807, 2.05) is 6.08 Å². The van der Waals surface area contributed by atoms with Crippen LogP contribution in [0.5, 0.6) is 0 Å². The van der Waals surface area contributed by atoms with Crippen LogP contribution in [-0.4, -0.2) is 34.9 Å². The number of aliphatic hydroxyl groups is 2. The zero-order valence-corrected chi connectivity index (χ0v) is 20.8. The molecule has 4 heteroatoms. The summed E-state index contributed by atoms with van der Waals surface area (Å²) in [5, 5.41) is 22.4. The average Bonchev–Trinajstić information content (AvgIpc) is 2.77. The molecule has 0 rings (SSSR count). The average molecular weight is 440 g/mol. The first-order chi connectivity index (χ1) is 15.2. The third-order valence-electron chi connectivity index (χ3n) is 6.02. The highest BCUT2D eigenvalue weighted by Gasteiger charge is 2.17. The molecule has 2 atom stereocenters. The van der Waals surface area contributed by atoms with Crippen LogP contribution in [0.15, 0.2) is 12.2 Å². The molecule has 0 spiro atoms. The van der Waals surface area contributed by atoms with Gasteiger partial charge in [0.2, 0.25) is 5.91 Å². The number of hydrogen-bond donors (Lipinski definition) is 3. The molecular formula is C27H53NO3. The number of amides is 1. The molecule has 1 amide bonds. The number of unbranched alkanes of at least 4 members (excludes halogenated alkanes) is 16. The van der Waals surface area contributed by atoms with Gasteiger partial charge in [-0.25, -0.2) is 0 Å². The molecule has 0 aliphatic carbocycles. The maximum Gasteiger partial charge on any atom is 0.220 e. The molecule has 4 nitrogen and oxygen atoms in total. The summed E-state index contributed by atoms with van der Waals surface area (Å²) in [7, 11) is 0. The van der Waals surface area contributed by atoms with Gasteiger partial charge in [-0.3, -0.25) is 4.79 Å². The smallest absolute Gasteiger partial charge is 0.220 e. The van der Waals surface area contributed by atoms with Crippen LogP contribution < -0.4 is 5.32 Å². The second-order valence-corrected chi connectivity index (χ2v) is 9.12. The number of aliphatic hydroxyl groups excluding tert-OH is 2. The normalized spacial score (nSPS) is 13.5. The van der Waals surface area contributed by atoms with Gasteiger partial charge in [-0.05, 0) is 19.3 Å². The second kappa shape index (κ2) is 23.8. The number of carbonyl (C=O) groups excluding carboxylic acids is 1. The number of hydrogen-bond acceptors (Lipinski definition) is 3. The second-order valence-electron chi connectivity index (χ2n) is 9.12. The van der Waals surface area contributed by atoms with E-state index in [0.29, 0.717) is 6.42 Å². The van der Waals surface area contributed by atoms with E-state index in [1.165, 1.54) is 89.9 Å². The minimum absolute atomic E-state index is 0.0728. The topological polar surface area (TPSA) is 69.6 Å². The van der Waals surface area contributed by atoms with Crippen molar-refractivity contribution >= 4 is 5.91 Å². The summed E-state index contributed by atoms with van der Waals surface area (Å²) in [5.74, 6) is -0.0728. The Morgan fingerprint density at radius 3 is 1.68 bits per heavy atom. The zero-order chi connectivity index (χ0) is 23.0. The minimum atomic E-state index is -0.827. The highest BCUT2D eigenvalue weighted by atomic mass is 16.3. The van der Waals surface area contributed by atoms with Gasteiger partial charge in [-0.15, -0.1) is 0 Å². The van der Waals surface area contributed by atoms with E-state index in [0.717, 1.165) is 25.7 Å². The Bertz CT molecular complexity index is 411. The molecule has 0 aromatic heterocycles. The lowest BCUT2D eigenvalue weighted by Gasteiger charge is -2.20. The molecule has 0 saturated carbocycles. The van der Waals surface area contributed by atoms with Gasteiger partial charge in [-0.2, -0.15) is 0 Å². The maximum atomic E-state index is 12.1.